The summed E-state index contributed by atoms with van der Waals surface area (Å²) in [6, 6.07) is 17.9. The van der Waals surface area contributed by atoms with E-state index in [0.717, 1.165) is 51.2 Å². The number of rotatable bonds is 14. The van der Waals surface area contributed by atoms with Crippen LogP contribution in [0.1, 0.15) is 33.9 Å². The molecule has 49 heavy (non-hydrogen) atoms. The molecule has 0 aliphatic heterocycles. The molecule has 0 aliphatic rings. The molecule has 0 radical (unpaired) electrons. The Labute approximate surface area is 295 Å². The van der Waals surface area contributed by atoms with Crippen LogP contribution in [0.15, 0.2) is 70.3 Å². The number of hydrogen-bond acceptors (Lipinski definition) is 8. The molecule has 11 heteroatoms. The van der Waals surface area contributed by atoms with Crippen LogP contribution in [0.5, 0.6) is 23.0 Å². The van der Waals surface area contributed by atoms with Crippen LogP contribution < -0.4 is 29.8 Å². The Bertz CT molecular complexity index is 1860. The number of methoxy groups -OCH3 is 2. The number of ether oxygens (including phenoxy) is 4. The van der Waals surface area contributed by atoms with Crippen LogP contribution in [0.2, 0.25) is 0 Å². The molecule has 0 aliphatic carbocycles. The molecule has 0 amide bonds. The van der Waals surface area contributed by atoms with Gasteiger partial charge in [0.2, 0.25) is 0 Å². The van der Waals surface area contributed by atoms with Gasteiger partial charge in [-0.25, -0.2) is 0 Å². The first kappa shape index (κ1) is 39.0. The normalized spacial score (nSPS) is 11.7. The van der Waals surface area contributed by atoms with Gasteiger partial charge in [0.25, 0.3) is 0 Å². The Hall–Kier alpha value is -4.48. The van der Waals surface area contributed by atoms with Crippen LogP contribution in [-0.4, -0.2) is 64.8 Å². The largest absolute Gasteiger partial charge is 0.493 e. The van der Waals surface area contributed by atoms with E-state index in [1.165, 1.54) is 0 Å². The highest BCUT2D eigenvalue weighted by Gasteiger charge is 2.07. The van der Waals surface area contributed by atoms with Gasteiger partial charge in [0.1, 0.15) is 0 Å². The fourth-order valence-electron chi connectivity index (χ4n) is 4.86. The average Bonchev–Trinajstić information content (AvgIpc) is 3.04. The molecule has 0 fully saturated rings. The predicted octanol–water partition coefficient (Wildman–Crippen LogP) is 6.70. The minimum Gasteiger partial charge on any atom is -0.493 e. The molecule has 2 aromatic heterocycles. The lowest BCUT2D eigenvalue weighted by Crippen LogP contribution is -2.08. The van der Waals surface area contributed by atoms with Crippen molar-refractivity contribution in [3.63, 3.8) is 0 Å². The molecule has 0 saturated heterocycles. The van der Waals surface area contributed by atoms with Crippen molar-refractivity contribution in [2.24, 2.45) is 0 Å². The van der Waals surface area contributed by atoms with Crippen molar-refractivity contribution < 1.29 is 23.2 Å². The van der Waals surface area contributed by atoms with Crippen LogP contribution in [0.4, 0.5) is 0 Å². The van der Waals surface area contributed by atoms with Gasteiger partial charge < -0.3 is 28.1 Å². The zero-order valence-electron chi connectivity index (χ0n) is 29.5. The van der Waals surface area contributed by atoms with E-state index in [9.17, 15) is 13.8 Å². The van der Waals surface area contributed by atoms with Gasteiger partial charge in [0, 0.05) is 82.2 Å². The Balaban J connectivity index is 0.000000266. The molecule has 262 valence electrons. The van der Waals surface area contributed by atoms with E-state index < -0.39 is 10.8 Å². The second-order valence-corrected chi connectivity index (χ2v) is 13.6. The van der Waals surface area contributed by atoms with Gasteiger partial charge in [0.15, 0.2) is 33.9 Å². The lowest BCUT2D eigenvalue weighted by Gasteiger charge is -2.12. The van der Waals surface area contributed by atoms with Gasteiger partial charge in [-0.05, 0) is 81.5 Å². The van der Waals surface area contributed by atoms with Crippen LogP contribution in [0.3, 0.4) is 0 Å². The lowest BCUT2D eigenvalue weighted by molar-refractivity contribution is 0.313. The topological polar surface area (TPSA) is 98.0 Å². The smallest absolute Gasteiger partial charge is 0.182 e. The maximum absolute atomic E-state index is 11.5. The first-order valence-electron chi connectivity index (χ1n) is 15.6. The number of benzene rings is 2. The summed E-state index contributed by atoms with van der Waals surface area (Å²) in [6.07, 6.45) is 11.5. The molecule has 4 aromatic rings. The maximum Gasteiger partial charge on any atom is 0.182 e. The van der Waals surface area contributed by atoms with E-state index in [4.69, 9.17) is 18.9 Å². The summed E-state index contributed by atoms with van der Waals surface area (Å²) < 4.78 is 37.3. The summed E-state index contributed by atoms with van der Waals surface area (Å²) in [5, 5.41) is 0. The maximum atomic E-state index is 11.5. The van der Waals surface area contributed by atoms with Crippen LogP contribution in [-0.2, 0) is 10.8 Å². The zero-order chi connectivity index (χ0) is 35.9. The third-order valence-electron chi connectivity index (χ3n) is 7.31. The van der Waals surface area contributed by atoms with Crippen molar-refractivity contribution in [3.8, 4) is 23.0 Å². The van der Waals surface area contributed by atoms with E-state index in [0.29, 0.717) is 30.5 Å². The molecule has 0 spiro atoms. The average molecular weight is 707 g/mol. The highest BCUT2D eigenvalue weighted by molar-refractivity contribution is 7.98. The monoisotopic (exact) mass is 706 g/mol. The van der Waals surface area contributed by atoms with E-state index in [1.807, 2.05) is 97.8 Å². The highest BCUT2D eigenvalue weighted by atomic mass is 32.2. The van der Waals surface area contributed by atoms with Crippen molar-refractivity contribution in [1.82, 2.24) is 9.13 Å². The molecule has 2 heterocycles. The molecule has 1 atom stereocenters. The van der Waals surface area contributed by atoms with Crippen molar-refractivity contribution in [3.05, 3.63) is 115 Å². The minimum atomic E-state index is -0.897. The third kappa shape index (κ3) is 12.2. The minimum absolute atomic E-state index is 0.00750. The third-order valence-corrected chi connectivity index (χ3v) is 8.62. The number of hydrogen-bond donors (Lipinski definition) is 0. The number of nitrogens with zero attached hydrogens (tertiary/aromatic N) is 2. The van der Waals surface area contributed by atoms with Crippen molar-refractivity contribution in [2.45, 2.75) is 27.7 Å². The zero-order valence-corrected chi connectivity index (χ0v) is 31.1. The second-order valence-electron chi connectivity index (χ2n) is 11.1. The molecule has 0 bridgehead atoms. The molecule has 0 N–H and O–H groups in total. The van der Waals surface area contributed by atoms with Gasteiger partial charge in [-0.2, -0.15) is 11.8 Å². The summed E-state index contributed by atoms with van der Waals surface area (Å²) in [5.41, 5.74) is 5.53. The molecule has 2 aromatic carbocycles. The number of thioether (sulfide) groups is 1. The van der Waals surface area contributed by atoms with Gasteiger partial charge in [-0.3, -0.25) is 13.8 Å². The van der Waals surface area contributed by atoms with Gasteiger partial charge >= 0.3 is 0 Å². The van der Waals surface area contributed by atoms with Gasteiger partial charge in [0.05, 0.1) is 33.2 Å². The Morgan fingerprint density at radius 1 is 0.653 bits per heavy atom. The number of pyridine rings is 2. The van der Waals surface area contributed by atoms with Gasteiger partial charge in [-0.15, -0.1) is 0 Å². The van der Waals surface area contributed by atoms with Crippen molar-refractivity contribution in [1.29, 1.82) is 0 Å². The molecule has 1 unspecified atom stereocenters. The Morgan fingerprint density at radius 2 is 1.06 bits per heavy atom. The van der Waals surface area contributed by atoms with Crippen LogP contribution in [0.25, 0.3) is 24.6 Å². The fraction of sp³-hybridized carbons (Fsp3) is 0.316. The first-order valence-corrected chi connectivity index (χ1v) is 18.7. The lowest BCUT2D eigenvalue weighted by atomic mass is 10.2. The van der Waals surface area contributed by atoms with Crippen molar-refractivity contribution >= 4 is 47.1 Å². The summed E-state index contributed by atoms with van der Waals surface area (Å²) in [5.74, 6) is 4.11. The SMILES string of the molecule is COc1ccc(/C=C/n2c(C)cc(=O)cc2C)cc1OCCS(C)=O.COc1ccc(/C=C/n2c(C)cc(=O)cc2C)cc1OCCSC. The van der Waals surface area contributed by atoms with E-state index in [2.05, 4.69) is 6.26 Å². The molecule has 4 rings (SSSR count). The summed E-state index contributed by atoms with van der Waals surface area (Å²) >= 11 is 1.74. The van der Waals surface area contributed by atoms with Gasteiger partial charge in [-0.1, -0.05) is 12.1 Å². The van der Waals surface area contributed by atoms with Crippen LogP contribution in [0, 0.1) is 27.7 Å². The standard InChI is InChI=1S/C19H23NO4S.C19H23NO3S/c1-14-11-17(21)12-15(2)20(14)8-7-16-5-6-18(23-3)19(13-16)24-9-10-25(4)22;1-14-11-17(21)12-15(2)20(14)8-7-16-5-6-18(22-3)19(13-16)23-9-10-24-4/h5-8,11-13H,9-10H2,1-4H3;5-8,11-13H,9-10H2,1-4H3/b2*8-7+. The molecule has 0 saturated carbocycles. The molecular weight excluding hydrogens is 661 g/mol. The fourth-order valence-corrected chi connectivity index (χ4v) is 5.42. The Kier molecular flexibility index (Phi) is 15.5. The predicted molar refractivity (Wildman–Crippen MR) is 205 cm³/mol. The van der Waals surface area contributed by atoms with E-state index in [-0.39, 0.29) is 10.9 Å². The Morgan fingerprint density at radius 3 is 1.43 bits per heavy atom. The van der Waals surface area contributed by atoms with E-state index >= 15 is 0 Å². The summed E-state index contributed by atoms with van der Waals surface area (Å²) in [6.45, 7) is 8.64. The highest BCUT2D eigenvalue weighted by Crippen LogP contribution is 2.30. The second kappa shape index (κ2) is 19.5. The molecular formula is C38H46N2O7S2. The quantitative estimate of drug-likeness (QED) is 0.134. The van der Waals surface area contributed by atoms with Crippen LogP contribution >= 0.6 is 11.8 Å². The number of aryl methyl sites for hydroxylation is 4. The number of aromatic nitrogens is 2. The summed E-state index contributed by atoms with van der Waals surface area (Å²) in [7, 11) is 2.33. The van der Waals surface area contributed by atoms with Crippen molar-refractivity contribution in [2.75, 3.05) is 51.5 Å². The first-order chi connectivity index (χ1) is 23.4. The molecule has 9 nitrogen and oxygen atoms in total. The summed E-state index contributed by atoms with van der Waals surface area (Å²) in [4.78, 5) is 23.0. The van der Waals surface area contributed by atoms with E-state index in [1.54, 1.807) is 56.5 Å².